The van der Waals surface area contributed by atoms with Crippen LogP contribution in [0.2, 0.25) is 0 Å². The van der Waals surface area contributed by atoms with Crippen molar-refractivity contribution in [2.24, 2.45) is 7.05 Å². The Morgan fingerprint density at radius 2 is 2.08 bits per heavy atom. The zero-order valence-electron chi connectivity index (χ0n) is 8.46. The lowest BCUT2D eigenvalue weighted by Gasteiger charge is -2.09. The number of carbonyl (C=O) groups is 1. The second-order valence-electron chi connectivity index (χ2n) is 3.34. The summed E-state index contributed by atoms with van der Waals surface area (Å²) in [6.45, 7) is 1.92. The minimum Gasteiger partial charge on any atom is -0.384 e. The second-order valence-corrected chi connectivity index (χ2v) is 3.34. The Bertz CT molecular complexity index is 339. The van der Waals surface area contributed by atoms with Gasteiger partial charge >= 0.3 is 0 Å². The van der Waals surface area contributed by atoms with E-state index in [4.69, 9.17) is 5.73 Å². The van der Waals surface area contributed by atoms with Gasteiger partial charge in [-0.25, -0.2) is 0 Å². The molecule has 0 spiro atoms. The highest BCUT2D eigenvalue weighted by Gasteiger charge is 2.15. The summed E-state index contributed by atoms with van der Waals surface area (Å²) >= 11 is 0. The third-order valence-corrected chi connectivity index (χ3v) is 2.16. The Morgan fingerprint density at radius 1 is 1.54 bits per heavy atom. The maximum absolute atomic E-state index is 11.6. The van der Waals surface area contributed by atoms with Gasteiger partial charge in [-0.05, 0) is 13.0 Å². The number of rotatable bonds is 1. The fourth-order valence-corrected chi connectivity index (χ4v) is 1.16. The van der Waals surface area contributed by atoms with E-state index in [-0.39, 0.29) is 5.91 Å². The number of aryl methyl sites for hydroxylation is 1. The van der Waals surface area contributed by atoms with E-state index in [1.165, 1.54) is 4.90 Å². The van der Waals surface area contributed by atoms with Crippen molar-refractivity contribution in [1.29, 1.82) is 0 Å². The van der Waals surface area contributed by atoms with Gasteiger partial charge in [-0.2, -0.15) is 0 Å². The van der Waals surface area contributed by atoms with Crippen LogP contribution < -0.4 is 5.73 Å². The lowest BCUT2D eigenvalue weighted by Crippen LogP contribution is -2.22. The first-order chi connectivity index (χ1) is 5.95. The summed E-state index contributed by atoms with van der Waals surface area (Å²) in [4.78, 5) is 13.1. The molecular weight excluding hydrogens is 166 g/mol. The molecule has 0 aliphatic carbocycles. The third-order valence-electron chi connectivity index (χ3n) is 2.16. The second kappa shape index (κ2) is 3.12. The molecule has 0 atom stereocenters. The number of anilines is 1. The third kappa shape index (κ3) is 1.52. The van der Waals surface area contributed by atoms with Crippen LogP contribution >= 0.6 is 0 Å². The smallest absolute Gasteiger partial charge is 0.257 e. The van der Waals surface area contributed by atoms with E-state index in [9.17, 15) is 4.79 Å². The van der Waals surface area contributed by atoms with Gasteiger partial charge in [0, 0.05) is 26.8 Å². The maximum Gasteiger partial charge on any atom is 0.257 e. The van der Waals surface area contributed by atoms with Gasteiger partial charge < -0.3 is 15.2 Å². The van der Waals surface area contributed by atoms with Crippen molar-refractivity contribution < 1.29 is 4.79 Å². The molecule has 0 aliphatic rings. The number of nitrogens with two attached hydrogens (primary N) is 1. The average molecular weight is 181 g/mol. The van der Waals surface area contributed by atoms with Crippen molar-refractivity contribution in [3.05, 3.63) is 17.3 Å². The quantitative estimate of drug-likeness (QED) is 0.690. The van der Waals surface area contributed by atoms with Gasteiger partial charge in [-0.3, -0.25) is 4.79 Å². The van der Waals surface area contributed by atoms with Gasteiger partial charge in [0.05, 0.1) is 5.56 Å². The summed E-state index contributed by atoms with van der Waals surface area (Å²) in [7, 11) is 5.27. The van der Waals surface area contributed by atoms with Gasteiger partial charge in [-0.15, -0.1) is 0 Å². The van der Waals surface area contributed by atoms with Crippen LogP contribution in [0, 0.1) is 6.92 Å². The number of carbonyl (C=O) groups excluding carboxylic acids is 1. The van der Waals surface area contributed by atoms with Crippen molar-refractivity contribution >= 4 is 11.7 Å². The van der Waals surface area contributed by atoms with E-state index in [1.54, 1.807) is 24.7 Å². The Morgan fingerprint density at radius 3 is 2.38 bits per heavy atom. The molecule has 4 nitrogen and oxygen atoms in total. The van der Waals surface area contributed by atoms with Crippen LogP contribution in [-0.4, -0.2) is 29.5 Å². The molecule has 1 rings (SSSR count). The van der Waals surface area contributed by atoms with E-state index in [0.717, 1.165) is 5.69 Å². The van der Waals surface area contributed by atoms with Crippen LogP contribution in [0.5, 0.6) is 0 Å². The van der Waals surface area contributed by atoms with Crippen LogP contribution in [0.1, 0.15) is 16.1 Å². The Hall–Kier alpha value is -1.45. The monoisotopic (exact) mass is 181 g/mol. The zero-order valence-corrected chi connectivity index (χ0v) is 8.46. The summed E-state index contributed by atoms with van der Waals surface area (Å²) in [6, 6.07) is 1.80. The minimum absolute atomic E-state index is 0.0544. The number of nitrogen functional groups attached to an aromatic ring is 1. The summed E-state index contributed by atoms with van der Waals surface area (Å²) in [6.07, 6.45) is 0. The molecule has 1 aromatic heterocycles. The number of nitrogens with zero attached hydrogens (tertiary/aromatic N) is 2. The SMILES string of the molecule is Cc1cc(C(=O)N(C)C)c(N)n1C. The van der Waals surface area contributed by atoms with E-state index < -0.39 is 0 Å². The van der Waals surface area contributed by atoms with Crippen molar-refractivity contribution in [1.82, 2.24) is 9.47 Å². The van der Waals surface area contributed by atoms with E-state index in [0.29, 0.717) is 11.4 Å². The van der Waals surface area contributed by atoms with E-state index >= 15 is 0 Å². The zero-order chi connectivity index (χ0) is 10.2. The molecule has 0 fully saturated rings. The molecule has 0 aromatic carbocycles. The van der Waals surface area contributed by atoms with Gasteiger partial charge in [-0.1, -0.05) is 0 Å². The lowest BCUT2D eigenvalue weighted by molar-refractivity contribution is 0.0828. The molecular formula is C9H15N3O. The molecule has 0 unspecified atom stereocenters. The largest absolute Gasteiger partial charge is 0.384 e. The molecule has 72 valence electrons. The predicted molar refractivity (Wildman–Crippen MR) is 52.6 cm³/mol. The van der Waals surface area contributed by atoms with Crippen LogP contribution in [0.25, 0.3) is 0 Å². The number of hydrogen-bond acceptors (Lipinski definition) is 2. The maximum atomic E-state index is 11.6. The fraction of sp³-hybridized carbons (Fsp3) is 0.444. The van der Waals surface area contributed by atoms with Crippen molar-refractivity contribution in [3.63, 3.8) is 0 Å². The number of aromatic nitrogens is 1. The molecule has 0 saturated carbocycles. The Balaban J connectivity index is 3.16. The van der Waals surface area contributed by atoms with Crippen molar-refractivity contribution in [2.75, 3.05) is 19.8 Å². The predicted octanol–water partition coefficient (Wildman–Crippen LogP) is 0.618. The average Bonchev–Trinajstić information content (AvgIpc) is 2.31. The van der Waals surface area contributed by atoms with Crippen LogP contribution in [0.15, 0.2) is 6.07 Å². The highest BCUT2D eigenvalue weighted by atomic mass is 16.2. The van der Waals surface area contributed by atoms with Gasteiger partial charge in [0.2, 0.25) is 0 Å². The Kier molecular flexibility index (Phi) is 2.32. The van der Waals surface area contributed by atoms with Crippen LogP contribution in [0.4, 0.5) is 5.82 Å². The normalized spacial score (nSPS) is 10.2. The molecule has 2 N–H and O–H groups in total. The molecule has 0 saturated heterocycles. The first-order valence-corrected chi connectivity index (χ1v) is 4.08. The summed E-state index contributed by atoms with van der Waals surface area (Å²) in [5.41, 5.74) is 7.32. The van der Waals surface area contributed by atoms with E-state index in [2.05, 4.69) is 0 Å². The van der Waals surface area contributed by atoms with Gasteiger partial charge in [0.15, 0.2) is 0 Å². The molecule has 0 bridgehead atoms. The Labute approximate surface area is 77.9 Å². The summed E-state index contributed by atoms with van der Waals surface area (Å²) in [5, 5.41) is 0. The molecule has 0 radical (unpaired) electrons. The van der Waals surface area contributed by atoms with Gasteiger partial charge in [0.25, 0.3) is 5.91 Å². The van der Waals surface area contributed by atoms with E-state index in [1.807, 2.05) is 14.0 Å². The van der Waals surface area contributed by atoms with Crippen LogP contribution in [0.3, 0.4) is 0 Å². The highest BCUT2D eigenvalue weighted by molar-refractivity contribution is 5.98. The van der Waals surface area contributed by atoms with Crippen LogP contribution in [-0.2, 0) is 7.05 Å². The first-order valence-electron chi connectivity index (χ1n) is 4.08. The molecule has 1 heterocycles. The molecule has 1 amide bonds. The molecule has 4 heteroatoms. The molecule has 0 aliphatic heterocycles. The highest BCUT2D eigenvalue weighted by Crippen LogP contribution is 2.17. The summed E-state index contributed by atoms with van der Waals surface area (Å²) in [5.74, 6) is 0.470. The van der Waals surface area contributed by atoms with Crippen molar-refractivity contribution in [3.8, 4) is 0 Å². The van der Waals surface area contributed by atoms with Gasteiger partial charge in [0.1, 0.15) is 5.82 Å². The fourth-order valence-electron chi connectivity index (χ4n) is 1.16. The van der Waals surface area contributed by atoms with Crippen molar-refractivity contribution in [2.45, 2.75) is 6.92 Å². The lowest BCUT2D eigenvalue weighted by atomic mass is 10.2. The number of hydrogen-bond donors (Lipinski definition) is 1. The minimum atomic E-state index is -0.0544. The molecule has 1 aromatic rings. The summed E-state index contributed by atoms with van der Waals surface area (Å²) < 4.78 is 1.80. The number of amides is 1. The molecule has 13 heavy (non-hydrogen) atoms. The topological polar surface area (TPSA) is 51.3 Å². The first kappa shape index (κ1) is 9.64. The standard InChI is InChI=1S/C9H15N3O/c1-6-5-7(8(10)12(6)4)9(13)11(2)3/h5H,10H2,1-4H3.